The lowest BCUT2D eigenvalue weighted by Gasteiger charge is -2.21. The quantitative estimate of drug-likeness (QED) is 0.889. The Morgan fingerprint density at radius 3 is 2.16 bits per heavy atom. The SMILES string of the molecule is CC(=O)N(CCNc1ccccc1)c1ccccc1. The molecule has 0 fully saturated rings. The first-order chi connectivity index (χ1) is 9.27. The molecule has 98 valence electrons. The fourth-order valence-electron chi connectivity index (χ4n) is 1.94. The van der Waals surface area contributed by atoms with E-state index in [4.69, 9.17) is 0 Å². The normalized spacial score (nSPS) is 9.95. The molecule has 0 saturated heterocycles. The number of rotatable bonds is 5. The van der Waals surface area contributed by atoms with E-state index in [0.717, 1.165) is 17.9 Å². The third-order valence-corrected chi connectivity index (χ3v) is 2.89. The fraction of sp³-hybridized carbons (Fsp3) is 0.188. The van der Waals surface area contributed by atoms with Gasteiger partial charge in [0.2, 0.25) is 5.91 Å². The Bertz CT molecular complexity index is 511. The van der Waals surface area contributed by atoms with E-state index in [1.807, 2.05) is 60.7 Å². The second kappa shape index (κ2) is 6.59. The van der Waals surface area contributed by atoms with E-state index < -0.39 is 0 Å². The Kier molecular flexibility index (Phi) is 4.56. The first-order valence-electron chi connectivity index (χ1n) is 6.39. The summed E-state index contributed by atoms with van der Waals surface area (Å²) in [5.41, 5.74) is 2.00. The second-order valence-electron chi connectivity index (χ2n) is 4.30. The Labute approximate surface area is 113 Å². The molecule has 0 atom stereocenters. The molecule has 0 spiro atoms. The van der Waals surface area contributed by atoms with E-state index in [1.54, 1.807) is 11.8 Å². The van der Waals surface area contributed by atoms with Crippen LogP contribution in [0.2, 0.25) is 0 Å². The molecule has 0 saturated carbocycles. The zero-order chi connectivity index (χ0) is 13.5. The van der Waals surface area contributed by atoms with Gasteiger partial charge in [0, 0.05) is 31.4 Å². The topological polar surface area (TPSA) is 32.3 Å². The molecule has 0 radical (unpaired) electrons. The van der Waals surface area contributed by atoms with Gasteiger partial charge in [0.05, 0.1) is 0 Å². The van der Waals surface area contributed by atoms with Gasteiger partial charge in [-0.05, 0) is 24.3 Å². The number of hydrogen-bond acceptors (Lipinski definition) is 2. The highest BCUT2D eigenvalue weighted by atomic mass is 16.2. The van der Waals surface area contributed by atoms with Gasteiger partial charge in [-0.1, -0.05) is 36.4 Å². The summed E-state index contributed by atoms with van der Waals surface area (Å²) in [6, 6.07) is 19.7. The van der Waals surface area contributed by atoms with Gasteiger partial charge in [-0.25, -0.2) is 0 Å². The largest absolute Gasteiger partial charge is 0.383 e. The van der Waals surface area contributed by atoms with Crippen molar-refractivity contribution in [3.8, 4) is 0 Å². The highest BCUT2D eigenvalue weighted by Crippen LogP contribution is 2.13. The number of nitrogens with zero attached hydrogens (tertiary/aromatic N) is 1. The third kappa shape index (κ3) is 3.85. The van der Waals surface area contributed by atoms with Crippen molar-refractivity contribution < 1.29 is 4.79 Å². The molecule has 19 heavy (non-hydrogen) atoms. The standard InChI is InChI=1S/C16H18N2O/c1-14(19)18(16-10-6-3-7-11-16)13-12-17-15-8-4-2-5-9-15/h2-11,17H,12-13H2,1H3. The molecular formula is C16H18N2O. The van der Waals surface area contributed by atoms with Crippen molar-refractivity contribution >= 4 is 17.3 Å². The molecule has 2 aromatic rings. The average Bonchev–Trinajstić information content (AvgIpc) is 2.45. The van der Waals surface area contributed by atoms with Gasteiger partial charge in [0.1, 0.15) is 0 Å². The third-order valence-electron chi connectivity index (χ3n) is 2.89. The lowest BCUT2D eigenvalue weighted by Crippen LogP contribution is -2.33. The summed E-state index contributed by atoms with van der Waals surface area (Å²) in [6.07, 6.45) is 0. The van der Waals surface area contributed by atoms with Crippen LogP contribution >= 0.6 is 0 Å². The molecule has 3 nitrogen and oxygen atoms in total. The number of anilines is 2. The first kappa shape index (κ1) is 13.1. The van der Waals surface area contributed by atoms with Crippen molar-refractivity contribution in [3.05, 3.63) is 60.7 Å². The minimum atomic E-state index is 0.0565. The van der Waals surface area contributed by atoms with Crippen LogP contribution in [0.1, 0.15) is 6.92 Å². The zero-order valence-corrected chi connectivity index (χ0v) is 11.0. The number of benzene rings is 2. The molecule has 0 aliphatic carbocycles. The molecule has 2 rings (SSSR count). The predicted molar refractivity (Wildman–Crippen MR) is 79.4 cm³/mol. The molecule has 0 heterocycles. The highest BCUT2D eigenvalue weighted by molar-refractivity contribution is 5.91. The lowest BCUT2D eigenvalue weighted by atomic mass is 10.2. The number of amides is 1. The first-order valence-corrected chi connectivity index (χ1v) is 6.39. The summed E-state index contributed by atoms with van der Waals surface area (Å²) in [6.45, 7) is 2.96. The molecule has 2 aromatic carbocycles. The predicted octanol–water partition coefficient (Wildman–Crippen LogP) is 3.15. The second-order valence-corrected chi connectivity index (χ2v) is 4.30. The van der Waals surface area contributed by atoms with Crippen LogP contribution in [0.25, 0.3) is 0 Å². The van der Waals surface area contributed by atoms with Crippen LogP contribution in [0.3, 0.4) is 0 Å². The number of carbonyl (C=O) groups excluding carboxylic acids is 1. The van der Waals surface area contributed by atoms with E-state index in [9.17, 15) is 4.79 Å². The van der Waals surface area contributed by atoms with Crippen molar-refractivity contribution in [3.63, 3.8) is 0 Å². The summed E-state index contributed by atoms with van der Waals surface area (Å²) in [5, 5.41) is 3.31. The molecule has 0 unspecified atom stereocenters. The summed E-state index contributed by atoms with van der Waals surface area (Å²) in [4.78, 5) is 13.5. The Morgan fingerprint density at radius 1 is 1.00 bits per heavy atom. The van der Waals surface area contributed by atoms with Gasteiger partial charge in [0.25, 0.3) is 0 Å². The van der Waals surface area contributed by atoms with Crippen LogP contribution in [-0.2, 0) is 4.79 Å². The van der Waals surface area contributed by atoms with Crippen molar-refractivity contribution in [2.24, 2.45) is 0 Å². The van der Waals surface area contributed by atoms with Crippen LogP contribution < -0.4 is 10.2 Å². The molecule has 0 aliphatic rings. The molecule has 1 N–H and O–H groups in total. The van der Waals surface area contributed by atoms with E-state index in [2.05, 4.69) is 5.32 Å². The number of hydrogen-bond donors (Lipinski definition) is 1. The molecule has 0 bridgehead atoms. The van der Waals surface area contributed by atoms with Crippen molar-refractivity contribution in [2.75, 3.05) is 23.3 Å². The monoisotopic (exact) mass is 254 g/mol. The van der Waals surface area contributed by atoms with Crippen LogP contribution in [0, 0.1) is 0 Å². The van der Waals surface area contributed by atoms with Gasteiger partial charge in [0.15, 0.2) is 0 Å². The number of para-hydroxylation sites is 2. The average molecular weight is 254 g/mol. The maximum Gasteiger partial charge on any atom is 0.223 e. The van der Waals surface area contributed by atoms with Gasteiger partial charge in [-0.3, -0.25) is 4.79 Å². The van der Waals surface area contributed by atoms with Crippen molar-refractivity contribution in [1.82, 2.24) is 0 Å². The maximum absolute atomic E-state index is 11.7. The lowest BCUT2D eigenvalue weighted by molar-refractivity contribution is -0.116. The Morgan fingerprint density at radius 2 is 1.58 bits per heavy atom. The zero-order valence-electron chi connectivity index (χ0n) is 11.0. The molecule has 0 aliphatic heterocycles. The summed E-state index contributed by atoms with van der Waals surface area (Å²) < 4.78 is 0. The smallest absolute Gasteiger partial charge is 0.223 e. The minimum absolute atomic E-state index is 0.0565. The molecule has 3 heteroatoms. The molecule has 0 aromatic heterocycles. The van der Waals surface area contributed by atoms with E-state index in [-0.39, 0.29) is 5.91 Å². The van der Waals surface area contributed by atoms with Crippen LogP contribution in [0.5, 0.6) is 0 Å². The summed E-state index contributed by atoms with van der Waals surface area (Å²) in [7, 11) is 0. The van der Waals surface area contributed by atoms with Crippen molar-refractivity contribution in [2.45, 2.75) is 6.92 Å². The number of carbonyl (C=O) groups is 1. The van der Waals surface area contributed by atoms with Gasteiger partial charge < -0.3 is 10.2 Å². The van der Waals surface area contributed by atoms with E-state index in [0.29, 0.717) is 6.54 Å². The van der Waals surface area contributed by atoms with Crippen molar-refractivity contribution in [1.29, 1.82) is 0 Å². The van der Waals surface area contributed by atoms with E-state index in [1.165, 1.54) is 0 Å². The van der Waals surface area contributed by atoms with Gasteiger partial charge >= 0.3 is 0 Å². The van der Waals surface area contributed by atoms with Crippen LogP contribution in [-0.4, -0.2) is 19.0 Å². The van der Waals surface area contributed by atoms with E-state index >= 15 is 0 Å². The maximum atomic E-state index is 11.7. The number of nitrogens with one attached hydrogen (secondary N) is 1. The Balaban J connectivity index is 1.94. The van der Waals surface area contributed by atoms with Crippen LogP contribution in [0.4, 0.5) is 11.4 Å². The Hall–Kier alpha value is -2.29. The van der Waals surface area contributed by atoms with Crippen LogP contribution in [0.15, 0.2) is 60.7 Å². The minimum Gasteiger partial charge on any atom is -0.383 e. The highest BCUT2D eigenvalue weighted by Gasteiger charge is 2.09. The van der Waals surface area contributed by atoms with Gasteiger partial charge in [-0.2, -0.15) is 0 Å². The summed E-state index contributed by atoms with van der Waals surface area (Å²) >= 11 is 0. The fourth-order valence-corrected chi connectivity index (χ4v) is 1.94. The van der Waals surface area contributed by atoms with Gasteiger partial charge in [-0.15, -0.1) is 0 Å². The molecule has 1 amide bonds. The summed E-state index contributed by atoms with van der Waals surface area (Å²) in [5.74, 6) is 0.0565. The molecular weight excluding hydrogens is 236 g/mol.